The van der Waals surface area contributed by atoms with Crippen molar-refractivity contribution < 1.29 is 26.3 Å². The molecule has 1 aromatic carbocycles. The molecule has 2 aliphatic carbocycles. The summed E-state index contributed by atoms with van der Waals surface area (Å²) in [6.07, 6.45) is 24.6. The van der Waals surface area contributed by atoms with Gasteiger partial charge in [-0.05, 0) is 126 Å². The maximum absolute atomic E-state index is 12.7. The molecule has 2 aromatic rings. The second-order valence-electron chi connectivity index (χ2n) is 12.7. The van der Waals surface area contributed by atoms with Crippen LogP contribution < -0.4 is 11.2 Å². The molecule has 0 aliphatic heterocycles. The second-order valence-corrected chi connectivity index (χ2v) is 17.5. The van der Waals surface area contributed by atoms with Crippen LogP contribution in [0.25, 0.3) is 0 Å². The molecule has 236 valence electrons. The van der Waals surface area contributed by atoms with Gasteiger partial charge in [0.1, 0.15) is 0 Å². The number of aryl methyl sites for hydroxylation is 2. The van der Waals surface area contributed by atoms with Crippen LogP contribution in [0.4, 0.5) is 0 Å². The summed E-state index contributed by atoms with van der Waals surface area (Å²) < 4.78 is 8.35. The van der Waals surface area contributed by atoms with E-state index in [1.54, 1.807) is 43.5 Å². The first-order valence-corrected chi connectivity index (χ1v) is 18.3. The van der Waals surface area contributed by atoms with Gasteiger partial charge in [-0.2, -0.15) is 4.57 Å². The van der Waals surface area contributed by atoms with E-state index >= 15 is 0 Å². The molecule has 8 heteroatoms. The zero-order valence-electron chi connectivity index (χ0n) is 27.1. The van der Waals surface area contributed by atoms with E-state index in [2.05, 4.69) is 72.4 Å². The standard InChI is InChI=1S/C21H21N2O3.C15H27OSi.Fe/c1-16-15-22(14-8-7-11-17-9-5-6-10-17)21(26)23(19(16)24)20(25)18-12-3-2-4-13-18;1-15(2,3)17(4,5)16-13-9-8-12-14-10-6-7-11-14;/h2-6,9-10,12-13,15H,7-8,11,14H2,1H3;6-7,10-11H,8-9,12-13H2,1-5H3;/q;;+2. The molecule has 0 amide bonds. The van der Waals surface area contributed by atoms with E-state index in [-0.39, 0.29) is 17.1 Å². The van der Waals surface area contributed by atoms with Gasteiger partial charge in [0.05, 0.1) is 0 Å². The Hall–Kier alpha value is -1.73. The molecule has 2 fully saturated rings. The fourth-order valence-corrected chi connectivity index (χ4v) is 5.62. The molecule has 0 bridgehead atoms. The molecule has 0 N–H and O–H groups in total. The van der Waals surface area contributed by atoms with Gasteiger partial charge in [-0.1, -0.05) is 51.8 Å². The summed E-state index contributed by atoms with van der Waals surface area (Å²) in [7, 11) is -1.52. The Morgan fingerprint density at radius 1 is 0.818 bits per heavy atom. The normalized spacial score (nSPS) is 16.0. The van der Waals surface area contributed by atoms with Crippen molar-refractivity contribution >= 4 is 14.2 Å². The van der Waals surface area contributed by atoms with Crippen LogP contribution >= 0.6 is 0 Å². The number of carbonyl (C=O) groups excluding carboxylic acids is 1. The number of unbranched alkanes of at least 4 members (excludes halogenated alkanes) is 2. The van der Waals surface area contributed by atoms with E-state index in [4.69, 9.17) is 4.43 Å². The van der Waals surface area contributed by atoms with Gasteiger partial charge in [0, 0.05) is 30.5 Å². The van der Waals surface area contributed by atoms with Crippen molar-refractivity contribution in [3.63, 3.8) is 0 Å². The molecule has 0 spiro atoms. The van der Waals surface area contributed by atoms with Gasteiger partial charge >= 0.3 is 22.8 Å². The Balaban J connectivity index is 0.000000328. The van der Waals surface area contributed by atoms with Crippen molar-refractivity contribution in [1.82, 2.24) is 9.13 Å². The zero-order valence-corrected chi connectivity index (χ0v) is 29.2. The SMILES string of the molecule is CC(C)(C)[Si](C)(C)OCCCC[C]1[CH][CH][CH][CH]1.Cc1cn(CCCC[C]2[CH][CH][CH][CH]2)c(=O)n(C(=O)c2ccccc2)c1=O.[Fe+2]. The molecule has 0 unspecified atom stereocenters. The maximum Gasteiger partial charge on any atom is 2.00 e. The summed E-state index contributed by atoms with van der Waals surface area (Å²) in [5.74, 6) is 2.14. The van der Waals surface area contributed by atoms with E-state index in [9.17, 15) is 14.4 Å². The summed E-state index contributed by atoms with van der Waals surface area (Å²) in [5.41, 5.74) is -0.440. The van der Waals surface area contributed by atoms with Crippen LogP contribution in [0.3, 0.4) is 0 Å². The van der Waals surface area contributed by atoms with Crippen molar-refractivity contribution in [1.29, 1.82) is 0 Å². The molecule has 2 saturated carbocycles. The van der Waals surface area contributed by atoms with E-state index < -0.39 is 25.5 Å². The van der Waals surface area contributed by atoms with Gasteiger partial charge < -0.3 is 4.43 Å². The summed E-state index contributed by atoms with van der Waals surface area (Å²) in [4.78, 5) is 37.7. The predicted octanol–water partition coefficient (Wildman–Crippen LogP) is 7.16. The minimum Gasteiger partial charge on any atom is -0.417 e. The van der Waals surface area contributed by atoms with Gasteiger partial charge in [-0.3, -0.25) is 14.2 Å². The van der Waals surface area contributed by atoms with Gasteiger partial charge in [0.25, 0.3) is 11.5 Å². The molecule has 1 aromatic heterocycles. The molecule has 44 heavy (non-hydrogen) atoms. The van der Waals surface area contributed by atoms with Gasteiger partial charge in [0.2, 0.25) is 0 Å². The molecule has 0 atom stereocenters. The average molecular weight is 657 g/mol. The topological polar surface area (TPSA) is 70.3 Å². The third kappa shape index (κ3) is 11.6. The molecule has 2 aliphatic rings. The number of aromatic nitrogens is 2. The summed E-state index contributed by atoms with van der Waals surface area (Å²) in [5, 5.41) is 0.332. The fourth-order valence-electron chi connectivity index (χ4n) is 4.53. The molecular formula is C36H48FeN2O4Si+2. The predicted molar refractivity (Wildman–Crippen MR) is 178 cm³/mol. The van der Waals surface area contributed by atoms with E-state index in [1.807, 2.05) is 12.8 Å². The summed E-state index contributed by atoms with van der Waals surface area (Å²) >= 11 is 0. The zero-order chi connectivity index (χ0) is 31.5. The van der Waals surface area contributed by atoms with Crippen LogP contribution in [0.5, 0.6) is 0 Å². The average Bonchev–Trinajstić information content (AvgIpc) is 3.69. The van der Waals surface area contributed by atoms with Crippen molar-refractivity contribution in [3.05, 3.63) is 132 Å². The van der Waals surface area contributed by atoms with Crippen molar-refractivity contribution in [3.8, 4) is 0 Å². The maximum atomic E-state index is 12.7. The Labute approximate surface area is 278 Å². The summed E-state index contributed by atoms with van der Waals surface area (Å²) in [6.45, 7) is 14.6. The quantitative estimate of drug-likeness (QED) is 0.180. The molecular weight excluding hydrogens is 608 g/mol. The van der Waals surface area contributed by atoms with Crippen molar-refractivity contribution in [2.24, 2.45) is 0 Å². The second kappa shape index (κ2) is 18.4. The number of carbonyl (C=O) groups is 1. The first-order valence-electron chi connectivity index (χ1n) is 15.4. The van der Waals surface area contributed by atoms with Gasteiger partial charge in [0.15, 0.2) is 8.32 Å². The Morgan fingerprint density at radius 3 is 1.86 bits per heavy atom. The number of rotatable bonds is 12. The van der Waals surface area contributed by atoms with Gasteiger partial charge in [-0.25, -0.2) is 4.79 Å². The third-order valence-corrected chi connectivity index (χ3v) is 12.8. The van der Waals surface area contributed by atoms with Crippen LogP contribution in [-0.4, -0.2) is 30.0 Å². The molecule has 1 heterocycles. The first-order chi connectivity index (χ1) is 20.4. The van der Waals surface area contributed by atoms with Crippen LogP contribution in [0.2, 0.25) is 18.1 Å². The Bertz CT molecular complexity index is 1250. The van der Waals surface area contributed by atoms with Crippen LogP contribution in [0.15, 0.2) is 46.1 Å². The Kier molecular flexibility index (Phi) is 16.1. The molecule has 6 nitrogen and oxygen atoms in total. The van der Waals surface area contributed by atoms with Crippen LogP contribution in [0, 0.1) is 70.1 Å². The summed E-state index contributed by atoms with van der Waals surface area (Å²) in [6, 6.07) is 8.38. The van der Waals surface area contributed by atoms with Crippen molar-refractivity contribution in [2.45, 2.75) is 90.9 Å². The number of hydrogen-bond donors (Lipinski definition) is 0. The molecule has 0 saturated heterocycles. The molecule has 4 rings (SSSR count). The Morgan fingerprint density at radius 2 is 1.34 bits per heavy atom. The fraction of sp³-hybridized carbons (Fsp3) is 0.417. The number of nitrogens with zero attached hydrogens (tertiary/aromatic N) is 2. The monoisotopic (exact) mass is 656 g/mol. The third-order valence-electron chi connectivity index (χ3n) is 8.26. The van der Waals surface area contributed by atoms with E-state index in [0.29, 0.717) is 22.7 Å². The largest absolute Gasteiger partial charge is 2.00 e. The first kappa shape index (κ1) is 38.4. The van der Waals surface area contributed by atoms with Crippen LogP contribution in [-0.2, 0) is 28.0 Å². The van der Waals surface area contributed by atoms with E-state index in [1.165, 1.54) is 35.7 Å². The minimum absolute atomic E-state index is 0. The van der Waals surface area contributed by atoms with Gasteiger partial charge in [-0.15, -0.1) is 0 Å². The van der Waals surface area contributed by atoms with Crippen molar-refractivity contribution in [2.75, 3.05) is 6.61 Å². The minimum atomic E-state index is -1.52. The molecule has 10 radical (unpaired) electrons. The van der Waals surface area contributed by atoms with E-state index in [0.717, 1.165) is 30.4 Å². The number of benzene rings is 1. The van der Waals surface area contributed by atoms with Crippen LogP contribution in [0.1, 0.15) is 75.2 Å². The smallest absolute Gasteiger partial charge is 0.417 e. The number of hydrogen-bond acceptors (Lipinski definition) is 4.